The van der Waals surface area contributed by atoms with E-state index < -0.39 is 0 Å². The number of rotatable bonds is 1. The Kier molecular flexibility index (Phi) is 22.3. The van der Waals surface area contributed by atoms with Crippen LogP contribution >= 0.6 is 0 Å². The summed E-state index contributed by atoms with van der Waals surface area (Å²) in [6, 6.07) is 0. The van der Waals surface area contributed by atoms with Gasteiger partial charge in [0, 0.05) is 20.1 Å². The maximum atomic E-state index is 3.75. The molecule has 0 heterocycles. The topological polar surface area (TPSA) is 0 Å². The number of hydrogen-bond acceptors (Lipinski definition) is 0. The van der Waals surface area contributed by atoms with Gasteiger partial charge in [0.05, 0.1) is 0 Å². The van der Waals surface area contributed by atoms with E-state index in [9.17, 15) is 0 Å². The van der Waals surface area contributed by atoms with E-state index in [0.29, 0.717) is 5.92 Å². The standard InChI is InChI=1S/2C6H12.CH3.Ir/c2*1-5(2)6(3)4;;/h1-4H3;6H,1H2,2-4H3;1H3;/q;;-1;. The zero-order valence-electron chi connectivity index (χ0n) is 11.1. The third-order valence-corrected chi connectivity index (χ3v) is 1.99. The Bertz CT molecular complexity index is 146. The van der Waals surface area contributed by atoms with Crippen molar-refractivity contribution in [1.29, 1.82) is 0 Å². The summed E-state index contributed by atoms with van der Waals surface area (Å²) in [5.74, 6) is 0.657. The van der Waals surface area contributed by atoms with Crippen molar-refractivity contribution < 1.29 is 20.1 Å². The quantitative estimate of drug-likeness (QED) is 0.445. The van der Waals surface area contributed by atoms with Crippen molar-refractivity contribution in [2.75, 3.05) is 0 Å². The van der Waals surface area contributed by atoms with Crippen LogP contribution in [0.1, 0.15) is 48.5 Å². The van der Waals surface area contributed by atoms with Crippen molar-refractivity contribution in [2.24, 2.45) is 5.92 Å². The third-order valence-electron chi connectivity index (χ3n) is 1.99. The second-order valence-corrected chi connectivity index (χ2v) is 4.00. The van der Waals surface area contributed by atoms with Gasteiger partial charge in [-0.3, -0.25) is 0 Å². The van der Waals surface area contributed by atoms with Crippen LogP contribution in [-0.2, 0) is 20.1 Å². The van der Waals surface area contributed by atoms with Gasteiger partial charge in [-0.2, -0.15) is 0 Å². The average Bonchev–Trinajstić information content (AvgIpc) is 1.88. The van der Waals surface area contributed by atoms with Crippen LogP contribution in [0.3, 0.4) is 0 Å². The van der Waals surface area contributed by atoms with Crippen LogP contribution < -0.4 is 0 Å². The van der Waals surface area contributed by atoms with Gasteiger partial charge < -0.3 is 7.43 Å². The van der Waals surface area contributed by atoms with E-state index in [1.54, 1.807) is 0 Å². The van der Waals surface area contributed by atoms with Gasteiger partial charge in [0.25, 0.3) is 0 Å². The normalized spacial score (nSPS) is 7.43. The van der Waals surface area contributed by atoms with Crippen LogP contribution in [-0.4, -0.2) is 0 Å². The molecule has 14 heavy (non-hydrogen) atoms. The van der Waals surface area contributed by atoms with E-state index in [4.69, 9.17) is 0 Å². The smallest absolute Gasteiger partial charge is 0 e. The van der Waals surface area contributed by atoms with E-state index in [-0.39, 0.29) is 27.5 Å². The fraction of sp³-hybridized carbons (Fsp3) is 0.615. The van der Waals surface area contributed by atoms with Crippen LogP contribution in [0.2, 0.25) is 0 Å². The molecule has 0 spiro atoms. The van der Waals surface area contributed by atoms with E-state index in [0.717, 1.165) is 0 Å². The molecule has 0 aromatic rings. The molecule has 0 bridgehead atoms. The molecule has 0 aliphatic rings. The molecule has 0 aromatic heterocycles. The fourth-order valence-electron chi connectivity index (χ4n) is 0. The Balaban J connectivity index is -0.0000000625. The number of allylic oxidation sites excluding steroid dienone is 3. The molecule has 1 radical (unpaired) electrons. The second kappa shape index (κ2) is 13.1. The van der Waals surface area contributed by atoms with Crippen LogP contribution in [0.4, 0.5) is 0 Å². The maximum absolute atomic E-state index is 3.75. The Morgan fingerprint density at radius 1 is 0.857 bits per heavy atom. The predicted octanol–water partition coefficient (Wildman–Crippen LogP) is 5.03. The Hall–Kier alpha value is 0.129. The van der Waals surface area contributed by atoms with Crippen LogP contribution in [0.25, 0.3) is 0 Å². The van der Waals surface area contributed by atoms with E-state index in [1.807, 2.05) is 6.92 Å². The molecule has 0 saturated heterocycles. The number of hydrogen-bond donors (Lipinski definition) is 0. The van der Waals surface area contributed by atoms with Gasteiger partial charge in [0.2, 0.25) is 0 Å². The molecule has 1 heteroatoms. The second-order valence-electron chi connectivity index (χ2n) is 4.00. The first-order valence-corrected chi connectivity index (χ1v) is 4.55. The van der Waals surface area contributed by atoms with Gasteiger partial charge in [-0.05, 0) is 40.5 Å². The van der Waals surface area contributed by atoms with Gasteiger partial charge in [-0.15, -0.1) is 0 Å². The first kappa shape index (κ1) is 23.7. The van der Waals surface area contributed by atoms with Crippen LogP contribution in [0, 0.1) is 13.3 Å². The molecule has 0 fully saturated rings. The minimum absolute atomic E-state index is 0. The third kappa shape index (κ3) is 22.7. The molecule has 0 atom stereocenters. The molecule has 0 aliphatic heterocycles. The predicted molar refractivity (Wildman–Crippen MR) is 65.8 cm³/mol. The summed E-state index contributed by atoms with van der Waals surface area (Å²) >= 11 is 0. The van der Waals surface area contributed by atoms with Gasteiger partial charge in [0.15, 0.2) is 0 Å². The van der Waals surface area contributed by atoms with Crippen LogP contribution in [0.5, 0.6) is 0 Å². The molecule has 0 aliphatic carbocycles. The zero-order chi connectivity index (χ0) is 10.3. The zero-order valence-corrected chi connectivity index (χ0v) is 13.5. The molecule has 0 nitrogen and oxygen atoms in total. The molecule has 0 N–H and O–H groups in total. The largest absolute Gasteiger partial charge is 0.358 e. The van der Waals surface area contributed by atoms with Gasteiger partial charge in [-0.1, -0.05) is 37.1 Å². The molecule has 89 valence electrons. The van der Waals surface area contributed by atoms with Crippen molar-refractivity contribution in [2.45, 2.75) is 48.5 Å². The van der Waals surface area contributed by atoms with E-state index in [1.165, 1.54) is 16.7 Å². The molecule has 0 rings (SSSR count). The van der Waals surface area contributed by atoms with Gasteiger partial charge in [-0.25, -0.2) is 0 Å². The summed E-state index contributed by atoms with van der Waals surface area (Å²) in [6.45, 7) is 18.6. The Labute approximate surface area is 105 Å². The molecular weight excluding hydrogens is 348 g/mol. The SMILES string of the molecule is C=C(C)C(C)C.CC(C)=C(C)C.[CH3-].[Ir]. The van der Waals surface area contributed by atoms with Crippen molar-refractivity contribution in [3.05, 3.63) is 30.7 Å². The molecule has 0 aromatic carbocycles. The summed E-state index contributed by atoms with van der Waals surface area (Å²) in [7, 11) is 0. The summed E-state index contributed by atoms with van der Waals surface area (Å²) in [5.41, 5.74) is 4.11. The van der Waals surface area contributed by atoms with E-state index >= 15 is 0 Å². The molecule has 0 unspecified atom stereocenters. The minimum atomic E-state index is 0. The summed E-state index contributed by atoms with van der Waals surface area (Å²) in [4.78, 5) is 0. The van der Waals surface area contributed by atoms with Crippen LogP contribution in [0.15, 0.2) is 23.3 Å². The van der Waals surface area contributed by atoms with Gasteiger partial charge in [0.1, 0.15) is 0 Å². The average molecular weight is 376 g/mol. The molecule has 0 amide bonds. The molecule has 0 saturated carbocycles. The first-order valence-electron chi connectivity index (χ1n) is 4.55. The summed E-state index contributed by atoms with van der Waals surface area (Å²) < 4.78 is 0. The first-order chi connectivity index (χ1) is 5.29. The Morgan fingerprint density at radius 3 is 1.00 bits per heavy atom. The minimum Gasteiger partial charge on any atom is -0.358 e. The maximum Gasteiger partial charge on any atom is 0 e. The monoisotopic (exact) mass is 376 g/mol. The molecular formula is C13H27Ir-. The van der Waals surface area contributed by atoms with Crippen molar-refractivity contribution in [3.63, 3.8) is 0 Å². The van der Waals surface area contributed by atoms with Crippen molar-refractivity contribution in [1.82, 2.24) is 0 Å². The van der Waals surface area contributed by atoms with Crippen molar-refractivity contribution in [3.8, 4) is 0 Å². The van der Waals surface area contributed by atoms with Crippen molar-refractivity contribution >= 4 is 0 Å². The van der Waals surface area contributed by atoms with E-state index in [2.05, 4.69) is 48.1 Å². The fourth-order valence-corrected chi connectivity index (χ4v) is 0. The van der Waals surface area contributed by atoms with Gasteiger partial charge >= 0.3 is 0 Å². The summed E-state index contributed by atoms with van der Waals surface area (Å²) in [6.07, 6.45) is 0. The summed E-state index contributed by atoms with van der Waals surface area (Å²) in [5, 5.41) is 0. The Morgan fingerprint density at radius 2 is 1.00 bits per heavy atom.